The van der Waals surface area contributed by atoms with Gasteiger partial charge in [0.05, 0.1) is 33.2 Å². The molecule has 0 radical (unpaired) electrons. The van der Waals surface area contributed by atoms with E-state index in [1.807, 2.05) is 0 Å². The average Bonchev–Trinajstić information content (AvgIpc) is 2.89. The van der Waals surface area contributed by atoms with Crippen LogP contribution in [0.5, 0.6) is 0 Å². The lowest BCUT2D eigenvalue weighted by atomic mass is 9.53. The molecular formula is C25H26ClF3N4O6S. The second-order valence-corrected chi connectivity index (χ2v) is 12.7. The van der Waals surface area contributed by atoms with Crippen molar-refractivity contribution in [2.75, 3.05) is 11.9 Å². The molecule has 40 heavy (non-hydrogen) atoms. The van der Waals surface area contributed by atoms with Crippen molar-refractivity contribution < 1.29 is 41.1 Å². The van der Waals surface area contributed by atoms with Crippen LogP contribution in [0, 0.1) is 29.3 Å². The summed E-state index contributed by atoms with van der Waals surface area (Å²) in [5.41, 5.74) is 8.73. The van der Waals surface area contributed by atoms with Gasteiger partial charge in [-0.25, -0.2) is 21.6 Å². The van der Waals surface area contributed by atoms with E-state index in [1.54, 1.807) is 0 Å². The Morgan fingerprint density at radius 1 is 1.07 bits per heavy atom. The van der Waals surface area contributed by atoms with Crippen LogP contribution in [-0.4, -0.2) is 54.7 Å². The monoisotopic (exact) mass is 602 g/mol. The molecule has 2 aromatic rings. The summed E-state index contributed by atoms with van der Waals surface area (Å²) in [6, 6.07) is 3.42. The zero-order valence-electron chi connectivity index (χ0n) is 20.8. The lowest BCUT2D eigenvalue weighted by Crippen LogP contribution is -2.66. The fraction of sp³-hybridized carbons (Fsp3) is 0.400. The number of carbonyl (C=O) groups is 3. The van der Waals surface area contributed by atoms with Crippen LogP contribution < -0.4 is 22.1 Å². The van der Waals surface area contributed by atoms with Gasteiger partial charge in [-0.05, 0) is 49.3 Å². The number of carbonyl (C=O) groups excluding carboxylic acids is 3. The molecule has 7 N–H and O–H groups in total. The molecule has 2 bridgehead atoms. The normalized spacial score (nSPS) is 24.5. The largest absolute Gasteiger partial charge is 0.387 e. The maximum atomic E-state index is 13.5. The number of hydrogen-bond acceptors (Lipinski definition) is 7. The van der Waals surface area contributed by atoms with Gasteiger partial charge in [0.15, 0.2) is 27.3 Å². The van der Waals surface area contributed by atoms with E-state index in [-0.39, 0.29) is 47.0 Å². The van der Waals surface area contributed by atoms with Gasteiger partial charge in [-0.2, -0.15) is 0 Å². The first-order chi connectivity index (χ1) is 18.6. The van der Waals surface area contributed by atoms with Crippen LogP contribution >= 0.6 is 11.6 Å². The van der Waals surface area contributed by atoms with Crippen molar-refractivity contribution in [1.29, 1.82) is 0 Å². The number of aliphatic hydroxyl groups is 1. The van der Waals surface area contributed by atoms with Crippen molar-refractivity contribution in [3.8, 4) is 0 Å². The highest BCUT2D eigenvalue weighted by molar-refractivity contribution is 7.92. The maximum Gasteiger partial charge on any atom is 0.255 e. The third-order valence-electron chi connectivity index (χ3n) is 7.56. The highest BCUT2D eigenvalue weighted by Gasteiger charge is 2.60. The Hall–Kier alpha value is -3.20. The van der Waals surface area contributed by atoms with Crippen LogP contribution in [0.4, 0.5) is 18.9 Å². The SMILES string of the molecule is NC(=O)C[C@H](N)C(=O)NCC1(O)C2CC1CC(S(=O)(=O)c1cc(C(=O)Nc3cc(F)c(F)c(F)c3)ccc1Cl)C2. The molecule has 3 atom stereocenters. The summed E-state index contributed by atoms with van der Waals surface area (Å²) < 4.78 is 67.3. The predicted octanol–water partition coefficient (Wildman–Crippen LogP) is 1.63. The third-order valence-corrected chi connectivity index (χ3v) is 10.2. The summed E-state index contributed by atoms with van der Waals surface area (Å²) in [6.07, 6.45) is 0.276. The minimum atomic E-state index is -4.10. The first kappa shape index (κ1) is 29.8. The van der Waals surface area contributed by atoms with Crippen molar-refractivity contribution in [2.45, 2.75) is 47.5 Å². The van der Waals surface area contributed by atoms with E-state index in [9.17, 15) is 41.1 Å². The van der Waals surface area contributed by atoms with Crippen molar-refractivity contribution in [3.63, 3.8) is 0 Å². The summed E-state index contributed by atoms with van der Waals surface area (Å²) in [5, 5.41) is 14.7. The molecule has 0 spiro atoms. The van der Waals surface area contributed by atoms with Gasteiger partial charge < -0.3 is 27.2 Å². The Kier molecular flexibility index (Phi) is 8.18. The molecule has 2 unspecified atom stereocenters. The van der Waals surface area contributed by atoms with Crippen molar-refractivity contribution in [1.82, 2.24) is 5.32 Å². The molecule has 2 aromatic carbocycles. The molecule has 15 heteroatoms. The van der Waals surface area contributed by atoms with Gasteiger partial charge in [0, 0.05) is 29.9 Å². The highest BCUT2D eigenvalue weighted by atomic mass is 35.5. The van der Waals surface area contributed by atoms with Crippen LogP contribution in [0.2, 0.25) is 5.02 Å². The van der Waals surface area contributed by atoms with E-state index in [0.717, 1.165) is 6.07 Å². The summed E-state index contributed by atoms with van der Waals surface area (Å²) in [7, 11) is -4.10. The molecule has 0 heterocycles. The molecule has 216 valence electrons. The Morgan fingerprint density at radius 3 is 2.25 bits per heavy atom. The topological polar surface area (TPSA) is 182 Å². The van der Waals surface area contributed by atoms with E-state index >= 15 is 0 Å². The Labute approximate surface area is 232 Å². The molecule has 5 rings (SSSR count). The van der Waals surface area contributed by atoms with Crippen LogP contribution in [0.25, 0.3) is 0 Å². The van der Waals surface area contributed by atoms with Crippen molar-refractivity contribution in [3.05, 3.63) is 58.4 Å². The number of benzene rings is 2. The summed E-state index contributed by atoms with van der Waals surface area (Å²) in [6.45, 7) is -0.179. The predicted molar refractivity (Wildman–Crippen MR) is 137 cm³/mol. The molecule has 3 fully saturated rings. The van der Waals surface area contributed by atoms with Gasteiger partial charge in [0.2, 0.25) is 11.8 Å². The number of nitrogens with one attached hydrogen (secondary N) is 2. The molecule has 3 aliphatic rings. The van der Waals surface area contributed by atoms with Gasteiger partial charge in [0.1, 0.15) is 0 Å². The zero-order chi connectivity index (χ0) is 29.6. The molecular weight excluding hydrogens is 577 g/mol. The summed E-state index contributed by atoms with van der Waals surface area (Å²) in [5.74, 6) is -8.01. The second kappa shape index (κ2) is 11.0. The van der Waals surface area contributed by atoms with E-state index < -0.39 is 73.7 Å². The van der Waals surface area contributed by atoms with Gasteiger partial charge in [0.25, 0.3) is 5.91 Å². The first-order valence-corrected chi connectivity index (χ1v) is 14.1. The summed E-state index contributed by atoms with van der Waals surface area (Å²) in [4.78, 5) is 35.4. The number of nitrogens with two attached hydrogens (primary N) is 2. The highest BCUT2D eigenvalue weighted by Crippen LogP contribution is 2.55. The quantitative estimate of drug-likeness (QED) is 0.270. The van der Waals surface area contributed by atoms with Gasteiger partial charge in [-0.3, -0.25) is 14.4 Å². The lowest BCUT2D eigenvalue weighted by Gasteiger charge is -2.58. The van der Waals surface area contributed by atoms with Gasteiger partial charge in [-0.1, -0.05) is 11.6 Å². The average molecular weight is 603 g/mol. The molecule has 3 amide bonds. The fourth-order valence-electron chi connectivity index (χ4n) is 5.34. The number of fused-ring (bicyclic) bond motifs is 2. The maximum absolute atomic E-state index is 13.5. The van der Waals surface area contributed by atoms with Crippen LogP contribution in [0.15, 0.2) is 35.2 Å². The molecule has 0 aliphatic heterocycles. The molecule has 3 aliphatic carbocycles. The smallest absolute Gasteiger partial charge is 0.255 e. The minimum Gasteiger partial charge on any atom is -0.387 e. The number of rotatable bonds is 9. The second-order valence-electron chi connectivity index (χ2n) is 10.1. The number of anilines is 1. The number of hydrogen-bond donors (Lipinski definition) is 5. The van der Waals surface area contributed by atoms with Crippen LogP contribution in [0.3, 0.4) is 0 Å². The molecule has 0 saturated heterocycles. The van der Waals surface area contributed by atoms with Crippen molar-refractivity contribution in [2.24, 2.45) is 23.3 Å². The number of primary amides is 1. The Bertz CT molecular complexity index is 1460. The number of amides is 3. The molecule has 0 aromatic heterocycles. The summed E-state index contributed by atoms with van der Waals surface area (Å²) >= 11 is 6.18. The molecule has 3 saturated carbocycles. The standard InChI is InChI=1S/C25H26ClF3N4O6S/c26-16-2-1-11(23(35)33-14-7-17(27)22(29)18(28)8-14)3-20(16)40(38,39)15-5-12-4-13(6-15)25(12,37)10-32-24(36)19(30)9-21(31)34/h1-3,7-8,12-13,15,19,37H,4-6,9-10,30H2,(H2,31,34)(H,32,36)(H,33,35)/t12?,13?,15?,19-,25?/m0/s1. The Balaban J connectivity index is 1.46. The van der Waals surface area contributed by atoms with E-state index in [1.165, 1.54) is 12.1 Å². The molecule has 10 nitrogen and oxygen atoms in total. The van der Waals surface area contributed by atoms with Crippen molar-refractivity contribution >= 4 is 44.8 Å². The minimum absolute atomic E-state index is 0.0550. The van der Waals surface area contributed by atoms with Gasteiger partial charge in [-0.15, -0.1) is 0 Å². The third kappa shape index (κ3) is 5.66. The first-order valence-electron chi connectivity index (χ1n) is 12.2. The van der Waals surface area contributed by atoms with E-state index in [4.69, 9.17) is 23.1 Å². The number of sulfone groups is 1. The Morgan fingerprint density at radius 2 is 1.68 bits per heavy atom. The fourth-order valence-corrected chi connectivity index (χ4v) is 7.74. The van der Waals surface area contributed by atoms with Gasteiger partial charge >= 0.3 is 0 Å². The lowest BCUT2D eigenvalue weighted by molar-refractivity contribution is -0.174. The van der Waals surface area contributed by atoms with Crippen LogP contribution in [0.1, 0.15) is 36.0 Å². The van der Waals surface area contributed by atoms with E-state index in [0.29, 0.717) is 18.6 Å². The number of halogens is 4. The van der Waals surface area contributed by atoms with Crippen LogP contribution in [-0.2, 0) is 19.4 Å². The zero-order valence-corrected chi connectivity index (χ0v) is 22.4. The van der Waals surface area contributed by atoms with E-state index in [2.05, 4.69) is 10.6 Å².